The monoisotopic (exact) mass is 262 g/mol. The first-order valence-electron chi connectivity index (χ1n) is 5.38. The van der Waals surface area contributed by atoms with Crippen LogP contribution in [0.3, 0.4) is 0 Å². The zero-order valence-electron chi connectivity index (χ0n) is 9.40. The predicted octanol–water partition coefficient (Wildman–Crippen LogP) is 3.46. The van der Waals surface area contributed by atoms with Crippen molar-refractivity contribution in [2.75, 3.05) is 5.75 Å². The quantitative estimate of drug-likeness (QED) is 0.653. The average molecular weight is 262 g/mol. The summed E-state index contributed by atoms with van der Waals surface area (Å²) < 4.78 is 0.815. The van der Waals surface area contributed by atoms with E-state index in [9.17, 15) is 0 Å². The molecule has 0 unspecified atom stereocenters. The fourth-order valence-corrected chi connectivity index (χ4v) is 2.35. The first kappa shape index (κ1) is 12.2. The van der Waals surface area contributed by atoms with Gasteiger partial charge in [-0.2, -0.15) is 0 Å². The van der Waals surface area contributed by atoms with Gasteiger partial charge in [0.15, 0.2) is 0 Å². The number of H-pyrrole nitrogens is 1. The Balaban J connectivity index is 1.99. The van der Waals surface area contributed by atoms with E-state index >= 15 is 0 Å². The second-order valence-electron chi connectivity index (χ2n) is 3.60. The Morgan fingerprint density at radius 1 is 1.47 bits per heavy atom. The van der Waals surface area contributed by atoms with Gasteiger partial charge in [-0.3, -0.25) is 0 Å². The molecule has 0 atom stereocenters. The predicted molar refractivity (Wildman–Crippen MR) is 80.4 cm³/mol. The van der Waals surface area contributed by atoms with E-state index in [1.807, 2.05) is 24.4 Å². The van der Waals surface area contributed by atoms with Crippen molar-refractivity contribution in [2.45, 2.75) is 6.54 Å². The van der Waals surface area contributed by atoms with Crippen LogP contribution in [0.5, 0.6) is 0 Å². The van der Waals surface area contributed by atoms with Gasteiger partial charge in [-0.1, -0.05) is 48.3 Å². The molecule has 4 heteroatoms. The Bertz CT molecular complexity index is 531. The lowest BCUT2D eigenvalue weighted by atomic mass is 10.2. The number of benzene rings is 1. The SMILES string of the molecule is C=CCSC(=S)NCc1c[nH]c2ccccc12. The third-order valence-electron chi connectivity index (χ3n) is 2.43. The number of aromatic nitrogens is 1. The largest absolute Gasteiger partial charge is 0.367 e. The highest BCUT2D eigenvalue weighted by molar-refractivity contribution is 8.23. The average Bonchev–Trinajstić information content (AvgIpc) is 2.77. The molecule has 2 N–H and O–H groups in total. The molecular weight excluding hydrogens is 248 g/mol. The van der Waals surface area contributed by atoms with Crippen LogP contribution in [0, 0.1) is 0 Å². The Kier molecular flexibility index (Phi) is 4.23. The van der Waals surface area contributed by atoms with Crippen molar-refractivity contribution in [3.05, 3.63) is 48.7 Å². The first-order chi connectivity index (χ1) is 8.31. The van der Waals surface area contributed by atoms with Crippen molar-refractivity contribution < 1.29 is 0 Å². The van der Waals surface area contributed by atoms with Crippen LogP contribution in [-0.2, 0) is 6.54 Å². The lowest BCUT2D eigenvalue weighted by molar-refractivity contribution is 0.948. The number of hydrogen-bond acceptors (Lipinski definition) is 2. The van der Waals surface area contributed by atoms with Crippen LogP contribution in [0.1, 0.15) is 5.56 Å². The Hall–Kier alpha value is -1.26. The first-order valence-corrected chi connectivity index (χ1v) is 6.77. The molecule has 2 nitrogen and oxygen atoms in total. The molecule has 0 amide bonds. The molecule has 1 aromatic heterocycles. The van der Waals surface area contributed by atoms with Gasteiger partial charge in [0.05, 0.1) is 0 Å². The van der Waals surface area contributed by atoms with Crippen molar-refractivity contribution in [3.8, 4) is 0 Å². The molecule has 0 bridgehead atoms. The number of thioether (sulfide) groups is 1. The number of rotatable bonds is 4. The standard InChI is InChI=1S/C13H14N2S2/c1-2-7-17-13(16)15-9-10-8-14-12-6-4-3-5-11(10)12/h2-6,8,14H,1,7,9H2,(H,15,16). The van der Waals surface area contributed by atoms with Crippen molar-refractivity contribution in [2.24, 2.45) is 0 Å². The Morgan fingerprint density at radius 2 is 2.29 bits per heavy atom. The summed E-state index contributed by atoms with van der Waals surface area (Å²) in [7, 11) is 0. The Labute approximate surface area is 110 Å². The molecular formula is C13H14N2S2. The van der Waals surface area contributed by atoms with Crippen LogP contribution in [0.15, 0.2) is 43.1 Å². The number of para-hydroxylation sites is 1. The van der Waals surface area contributed by atoms with Gasteiger partial charge >= 0.3 is 0 Å². The number of thiocarbonyl (C=S) groups is 1. The van der Waals surface area contributed by atoms with Crippen molar-refractivity contribution in [1.29, 1.82) is 0 Å². The maximum absolute atomic E-state index is 5.21. The van der Waals surface area contributed by atoms with Crippen LogP contribution in [0.25, 0.3) is 10.9 Å². The summed E-state index contributed by atoms with van der Waals surface area (Å²) in [6.07, 6.45) is 3.88. The minimum absolute atomic E-state index is 0.757. The van der Waals surface area contributed by atoms with Crippen molar-refractivity contribution in [1.82, 2.24) is 10.3 Å². The van der Waals surface area contributed by atoms with E-state index in [2.05, 4.69) is 29.0 Å². The van der Waals surface area contributed by atoms with E-state index in [1.165, 1.54) is 10.9 Å². The molecule has 0 aliphatic rings. The summed E-state index contributed by atoms with van der Waals surface area (Å²) in [5.74, 6) is 0.847. The molecule has 88 valence electrons. The van der Waals surface area contributed by atoms with E-state index in [1.54, 1.807) is 11.8 Å². The molecule has 0 spiro atoms. The van der Waals surface area contributed by atoms with Gasteiger partial charge in [0, 0.05) is 29.4 Å². The summed E-state index contributed by atoms with van der Waals surface area (Å²) in [6, 6.07) is 8.26. The van der Waals surface area contributed by atoms with E-state index in [0.29, 0.717) is 0 Å². The van der Waals surface area contributed by atoms with Crippen LogP contribution >= 0.6 is 24.0 Å². The minimum Gasteiger partial charge on any atom is -0.367 e. The topological polar surface area (TPSA) is 27.8 Å². The summed E-state index contributed by atoms with van der Waals surface area (Å²) in [6.45, 7) is 4.43. The lowest BCUT2D eigenvalue weighted by Crippen LogP contribution is -2.17. The molecule has 0 fully saturated rings. The van der Waals surface area contributed by atoms with Gasteiger partial charge in [0.1, 0.15) is 4.32 Å². The van der Waals surface area contributed by atoms with E-state index in [0.717, 1.165) is 22.1 Å². The maximum Gasteiger partial charge on any atom is 0.134 e. The number of nitrogens with one attached hydrogen (secondary N) is 2. The molecule has 2 aromatic rings. The minimum atomic E-state index is 0.757. The number of aromatic amines is 1. The van der Waals surface area contributed by atoms with Crippen molar-refractivity contribution >= 4 is 39.2 Å². The fraction of sp³-hybridized carbons (Fsp3) is 0.154. The van der Waals surface area contributed by atoms with Crippen LogP contribution < -0.4 is 5.32 Å². The highest BCUT2D eigenvalue weighted by Crippen LogP contribution is 2.17. The van der Waals surface area contributed by atoms with E-state index < -0.39 is 0 Å². The van der Waals surface area contributed by atoms with Gasteiger partial charge in [-0.25, -0.2) is 0 Å². The second kappa shape index (κ2) is 5.89. The third kappa shape index (κ3) is 3.11. The van der Waals surface area contributed by atoms with E-state index in [4.69, 9.17) is 12.2 Å². The molecule has 0 saturated heterocycles. The summed E-state index contributed by atoms with van der Waals surface area (Å²) in [4.78, 5) is 3.25. The Morgan fingerprint density at radius 3 is 3.12 bits per heavy atom. The third-order valence-corrected chi connectivity index (χ3v) is 3.74. The van der Waals surface area contributed by atoms with Gasteiger partial charge in [0.25, 0.3) is 0 Å². The molecule has 0 aliphatic heterocycles. The zero-order chi connectivity index (χ0) is 12.1. The molecule has 1 aromatic carbocycles. The van der Waals surface area contributed by atoms with Gasteiger partial charge < -0.3 is 10.3 Å². The molecule has 2 rings (SSSR count). The van der Waals surface area contributed by atoms with E-state index in [-0.39, 0.29) is 0 Å². The molecule has 0 radical (unpaired) electrons. The van der Waals surface area contributed by atoms with Gasteiger partial charge in [-0.05, 0) is 11.6 Å². The van der Waals surface area contributed by atoms with Crippen LogP contribution in [0.2, 0.25) is 0 Å². The van der Waals surface area contributed by atoms with Gasteiger partial charge in [0.2, 0.25) is 0 Å². The highest BCUT2D eigenvalue weighted by atomic mass is 32.2. The van der Waals surface area contributed by atoms with Crippen LogP contribution in [0.4, 0.5) is 0 Å². The zero-order valence-corrected chi connectivity index (χ0v) is 11.0. The van der Waals surface area contributed by atoms with Gasteiger partial charge in [-0.15, -0.1) is 6.58 Å². The second-order valence-corrected chi connectivity index (χ2v) is 5.30. The summed E-state index contributed by atoms with van der Waals surface area (Å²) >= 11 is 6.80. The molecule has 1 heterocycles. The smallest absolute Gasteiger partial charge is 0.134 e. The summed E-state index contributed by atoms with van der Waals surface area (Å²) in [5, 5.41) is 4.49. The summed E-state index contributed by atoms with van der Waals surface area (Å²) in [5.41, 5.74) is 2.40. The molecule has 17 heavy (non-hydrogen) atoms. The normalized spacial score (nSPS) is 10.4. The van der Waals surface area contributed by atoms with Crippen LogP contribution in [-0.4, -0.2) is 15.1 Å². The maximum atomic E-state index is 5.21. The molecule has 0 aliphatic carbocycles. The van der Waals surface area contributed by atoms with Crippen molar-refractivity contribution in [3.63, 3.8) is 0 Å². The molecule has 0 saturated carbocycles. The fourth-order valence-electron chi connectivity index (χ4n) is 1.63. The number of hydrogen-bond donors (Lipinski definition) is 2. The number of fused-ring (bicyclic) bond motifs is 1. The highest BCUT2D eigenvalue weighted by Gasteiger charge is 2.03. The lowest BCUT2D eigenvalue weighted by Gasteiger charge is -2.05.